The molecule has 3 heterocycles. The fourth-order valence-corrected chi connectivity index (χ4v) is 4.26. The van der Waals surface area contributed by atoms with Crippen molar-refractivity contribution in [3.63, 3.8) is 0 Å². The number of H-pyrrole nitrogens is 1. The van der Waals surface area contributed by atoms with E-state index in [0.717, 1.165) is 27.9 Å². The van der Waals surface area contributed by atoms with Crippen LogP contribution < -0.4 is 0 Å². The second kappa shape index (κ2) is 10.8. The van der Waals surface area contributed by atoms with Crippen LogP contribution >= 0.6 is 0 Å². The molecule has 0 bridgehead atoms. The Kier molecular flexibility index (Phi) is 7.99. The molecule has 1 aromatic carbocycles. The van der Waals surface area contributed by atoms with Gasteiger partial charge in [0.25, 0.3) is 0 Å². The third kappa shape index (κ3) is 6.13. The van der Waals surface area contributed by atoms with Crippen molar-refractivity contribution in [2.75, 3.05) is 14.1 Å². The van der Waals surface area contributed by atoms with Crippen molar-refractivity contribution in [3.05, 3.63) is 60.8 Å². The van der Waals surface area contributed by atoms with Crippen LogP contribution in [0.3, 0.4) is 0 Å². The summed E-state index contributed by atoms with van der Waals surface area (Å²) in [5.41, 5.74) is 3.09. The maximum Gasteiger partial charge on any atom is 0.490 e. The van der Waals surface area contributed by atoms with Gasteiger partial charge in [0, 0.05) is 43.9 Å². The number of aromatic amines is 1. The molecule has 1 atom stereocenters. The number of halogens is 3. The fourth-order valence-electron chi connectivity index (χ4n) is 3.30. The van der Waals surface area contributed by atoms with Crippen LogP contribution in [0.15, 0.2) is 60.1 Å². The summed E-state index contributed by atoms with van der Waals surface area (Å²) >= 11 is 0. The van der Waals surface area contributed by atoms with E-state index in [9.17, 15) is 21.6 Å². The number of nitrogens with one attached hydrogen (secondary N) is 1. The molecule has 194 valence electrons. The number of nitrogens with zero attached hydrogens (tertiary/aromatic N) is 5. The molecule has 0 saturated carbocycles. The lowest BCUT2D eigenvalue weighted by molar-refractivity contribution is -0.192. The average molecular weight is 535 g/mol. The predicted molar refractivity (Wildman–Crippen MR) is 128 cm³/mol. The van der Waals surface area contributed by atoms with Gasteiger partial charge in [-0.1, -0.05) is 12.1 Å². The lowest BCUT2D eigenvalue weighted by Crippen LogP contribution is -2.22. The first-order valence-corrected chi connectivity index (χ1v) is 11.9. The molecule has 1 unspecified atom stereocenters. The minimum absolute atomic E-state index is 0.212. The number of hydrogen-bond donors (Lipinski definition) is 2. The average Bonchev–Trinajstić information content (AvgIpc) is 3.52. The highest BCUT2D eigenvalue weighted by molar-refractivity contribution is 7.89. The number of alkyl halides is 3. The number of rotatable bonds is 6. The van der Waals surface area contributed by atoms with Gasteiger partial charge in [-0.15, -0.1) is 12.3 Å². The summed E-state index contributed by atoms with van der Waals surface area (Å²) in [5, 5.41) is 12.5. The SMILES string of the molecule is C#CCC(c1cccc(S(=O)(=O)N(C)C)c1)n1cc(-c2ncnc3[nH]ccc23)cn1.O=C(O)C(F)(F)F. The lowest BCUT2D eigenvalue weighted by Gasteiger charge is -2.18. The number of fused-ring (bicyclic) bond motifs is 1. The molecule has 2 N–H and O–H groups in total. The van der Waals surface area contributed by atoms with Crippen LogP contribution in [0.5, 0.6) is 0 Å². The summed E-state index contributed by atoms with van der Waals surface area (Å²) < 4.78 is 59.7. The number of aromatic nitrogens is 5. The smallest absolute Gasteiger partial charge is 0.475 e. The Labute approximate surface area is 209 Å². The Bertz CT molecular complexity index is 1550. The molecule has 0 fully saturated rings. The zero-order chi connectivity index (χ0) is 27.4. The largest absolute Gasteiger partial charge is 0.490 e. The minimum Gasteiger partial charge on any atom is -0.475 e. The Morgan fingerprint density at radius 2 is 1.97 bits per heavy atom. The summed E-state index contributed by atoms with van der Waals surface area (Å²) in [6.45, 7) is 0. The highest BCUT2D eigenvalue weighted by Gasteiger charge is 2.38. The third-order valence-corrected chi connectivity index (χ3v) is 6.93. The topological polar surface area (TPSA) is 134 Å². The maximum absolute atomic E-state index is 12.5. The number of carboxylic acid groups (broad SMARTS) is 1. The molecule has 14 heteroatoms. The summed E-state index contributed by atoms with van der Waals surface area (Å²) in [6, 6.07) is 8.39. The van der Waals surface area contributed by atoms with Crippen molar-refractivity contribution in [1.82, 2.24) is 29.0 Å². The summed E-state index contributed by atoms with van der Waals surface area (Å²) in [7, 11) is -0.546. The second-order valence-electron chi connectivity index (χ2n) is 7.76. The molecular weight excluding hydrogens is 513 g/mol. The van der Waals surface area contributed by atoms with Gasteiger partial charge in [0.05, 0.1) is 22.8 Å². The van der Waals surface area contributed by atoms with E-state index in [0.29, 0.717) is 6.42 Å². The van der Waals surface area contributed by atoms with Crippen molar-refractivity contribution >= 4 is 27.0 Å². The number of hydrogen-bond acceptors (Lipinski definition) is 6. The van der Waals surface area contributed by atoms with Gasteiger partial charge in [-0.25, -0.2) is 27.5 Å². The molecule has 37 heavy (non-hydrogen) atoms. The summed E-state index contributed by atoms with van der Waals surface area (Å²) in [6.07, 6.45) is 7.78. The van der Waals surface area contributed by atoms with E-state index in [2.05, 4.69) is 26.0 Å². The minimum atomic E-state index is -5.08. The van der Waals surface area contributed by atoms with Crippen molar-refractivity contribution in [2.24, 2.45) is 0 Å². The van der Waals surface area contributed by atoms with Crippen molar-refractivity contribution in [2.45, 2.75) is 23.5 Å². The second-order valence-corrected chi connectivity index (χ2v) is 9.91. The number of benzene rings is 1. The summed E-state index contributed by atoms with van der Waals surface area (Å²) in [5.74, 6) is -0.0880. The highest BCUT2D eigenvalue weighted by Crippen LogP contribution is 2.29. The predicted octanol–water partition coefficient (Wildman–Crippen LogP) is 3.32. The van der Waals surface area contributed by atoms with Gasteiger partial charge in [0.1, 0.15) is 12.0 Å². The monoisotopic (exact) mass is 534 g/mol. The number of aliphatic carboxylic acids is 1. The van der Waals surface area contributed by atoms with Crippen molar-refractivity contribution < 1.29 is 31.5 Å². The van der Waals surface area contributed by atoms with Crippen LogP contribution in [-0.2, 0) is 14.8 Å². The Morgan fingerprint density at radius 3 is 2.59 bits per heavy atom. The summed E-state index contributed by atoms with van der Waals surface area (Å²) in [4.78, 5) is 20.8. The standard InChI is InChI=1S/C21H20N6O2S.C2HF3O2/c1-4-6-19(15-7-5-8-17(11-15)30(28,29)26(2)3)27-13-16(12-25-27)20-18-9-10-22-21(18)24-14-23-20;3-2(4,5)1(6)7/h1,5,7-14,19H,6H2,2-3H3,(H,22,23,24);(H,6,7). The molecule has 0 aliphatic heterocycles. The van der Waals surface area contributed by atoms with E-state index in [4.69, 9.17) is 16.3 Å². The third-order valence-electron chi connectivity index (χ3n) is 5.12. The lowest BCUT2D eigenvalue weighted by atomic mass is 10.0. The molecule has 4 aromatic rings. The van der Waals surface area contributed by atoms with Crippen LogP contribution in [-0.4, -0.2) is 68.8 Å². The molecule has 0 amide bonds. The molecule has 0 aliphatic carbocycles. The van der Waals surface area contributed by atoms with Crippen LogP contribution in [0, 0.1) is 12.3 Å². The molecule has 0 aliphatic rings. The zero-order valence-electron chi connectivity index (χ0n) is 19.5. The number of terminal acetylenes is 1. The van der Waals surface area contributed by atoms with Gasteiger partial charge in [0.15, 0.2) is 0 Å². The first-order chi connectivity index (χ1) is 17.4. The van der Waals surface area contributed by atoms with Crippen LogP contribution in [0.4, 0.5) is 13.2 Å². The molecule has 0 saturated heterocycles. The molecule has 4 rings (SSSR count). The quantitative estimate of drug-likeness (QED) is 0.363. The van der Waals surface area contributed by atoms with Gasteiger partial charge in [-0.3, -0.25) is 4.68 Å². The van der Waals surface area contributed by atoms with Crippen LogP contribution in [0.2, 0.25) is 0 Å². The van der Waals surface area contributed by atoms with E-state index >= 15 is 0 Å². The molecule has 0 spiro atoms. The van der Waals surface area contributed by atoms with E-state index in [-0.39, 0.29) is 10.9 Å². The van der Waals surface area contributed by atoms with Gasteiger partial charge >= 0.3 is 12.1 Å². The molecule has 0 radical (unpaired) electrons. The maximum atomic E-state index is 12.5. The Balaban J connectivity index is 0.000000479. The van der Waals surface area contributed by atoms with E-state index in [1.165, 1.54) is 24.7 Å². The fraction of sp³-hybridized carbons (Fsp3) is 0.217. The number of carboxylic acids is 1. The van der Waals surface area contributed by atoms with Crippen molar-refractivity contribution in [3.8, 4) is 23.6 Å². The van der Waals surface area contributed by atoms with E-state index in [1.54, 1.807) is 29.1 Å². The normalized spacial score (nSPS) is 12.6. The Hall–Kier alpha value is -4.22. The van der Waals surface area contributed by atoms with Gasteiger partial charge in [0.2, 0.25) is 10.0 Å². The van der Waals surface area contributed by atoms with Gasteiger partial charge in [-0.05, 0) is 23.8 Å². The number of sulfonamides is 1. The van der Waals surface area contributed by atoms with Crippen molar-refractivity contribution in [1.29, 1.82) is 0 Å². The van der Waals surface area contributed by atoms with E-state index in [1.807, 2.05) is 24.5 Å². The van der Waals surface area contributed by atoms with E-state index < -0.39 is 22.2 Å². The molecule has 3 aromatic heterocycles. The first kappa shape index (κ1) is 27.4. The Morgan fingerprint density at radius 1 is 1.27 bits per heavy atom. The van der Waals surface area contributed by atoms with Gasteiger partial charge in [-0.2, -0.15) is 18.3 Å². The molecule has 10 nitrogen and oxygen atoms in total. The highest BCUT2D eigenvalue weighted by atomic mass is 32.2. The van der Waals surface area contributed by atoms with Crippen LogP contribution in [0.1, 0.15) is 18.0 Å². The number of carbonyl (C=O) groups is 1. The van der Waals surface area contributed by atoms with Gasteiger partial charge < -0.3 is 10.1 Å². The first-order valence-electron chi connectivity index (χ1n) is 10.4. The zero-order valence-corrected chi connectivity index (χ0v) is 20.3. The van der Waals surface area contributed by atoms with Crippen LogP contribution in [0.25, 0.3) is 22.3 Å². The molecular formula is C23H21F3N6O4S.